The highest BCUT2D eigenvalue weighted by Gasteiger charge is 2.26. The Kier molecular flexibility index (Phi) is 8.11. The smallest absolute Gasteiger partial charge is 0.223 e. The molecule has 1 aliphatic carbocycles. The molecule has 0 saturated heterocycles. The van der Waals surface area contributed by atoms with E-state index in [0.29, 0.717) is 32.1 Å². The maximum Gasteiger partial charge on any atom is 0.223 e. The van der Waals surface area contributed by atoms with Crippen molar-refractivity contribution in [3.63, 3.8) is 0 Å². The average molecular weight is 286 g/mol. The van der Waals surface area contributed by atoms with Gasteiger partial charge in [-0.2, -0.15) is 0 Å². The molecule has 20 heavy (non-hydrogen) atoms. The molecule has 3 unspecified atom stereocenters. The Labute approximate surface area is 122 Å². The fraction of sp³-hybridized carbons (Fsp3) is 0.933. The Balaban J connectivity index is 2.52. The van der Waals surface area contributed by atoms with Crippen molar-refractivity contribution >= 4 is 5.91 Å². The Bertz CT molecular complexity index is 286. The Hall–Kier alpha value is -0.650. The molecule has 0 heterocycles. The van der Waals surface area contributed by atoms with Crippen LogP contribution in [0.25, 0.3) is 0 Å². The van der Waals surface area contributed by atoms with Gasteiger partial charge < -0.3 is 20.1 Å². The lowest BCUT2D eigenvalue weighted by Crippen LogP contribution is -2.44. The predicted octanol–water partition coefficient (Wildman–Crippen LogP) is 1.40. The van der Waals surface area contributed by atoms with Gasteiger partial charge in [0, 0.05) is 33.2 Å². The van der Waals surface area contributed by atoms with E-state index in [0.717, 1.165) is 25.7 Å². The summed E-state index contributed by atoms with van der Waals surface area (Å²) >= 11 is 0. The summed E-state index contributed by atoms with van der Waals surface area (Å²) in [6.07, 6.45) is 4.94. The van der Waals surface area contributed by atoms with E-state index in [1.165, 1.54) is 0 Å². The highest BCUT2D eigenvalue weighted by atomic mass is 16.5. The fourth-order valence-corrected chi connectivity index (χ4v) is 2.99. The monoisotopic (exact) mass is 286 g/mol. The zero-order valence-electron chi connectivity index (χ0n) is 13.1. The van der Waals surface area contributed by atoms with E-state index >= 15 is 0 Å². The minimum absolute atomic E-state index is 0.0833. The molecule has 118 valence electrons. The molecule has 0 spiro atoms. The van der Waals surface area contributed by atoms with E-state index in [4.69, 9.17) is 15.2 Å². The van der Waals surface area contributed by atoms with Crippen molar-refractivity contribution in [3.8, 4) is 0 Å². The molecular weight excluding hydrogens is 256 g/mol. The Morgan fingerprint density at radius 2 is 2.10 bits per heavy atom. The van der Waals surface area contributed by atoms with Crippen molar-refractivity contribution in [2.45, 2.75) is 51.1 Å². The maximum atomic E-state index is 12.5. The van der Waals surface area contributed by atoms with Gasteiger partial charge in [0.2, 0.25) is 5.91 Å². The van der Waals surface area contributed by atoms with Crippen LogP contribution in [0.15, 0.2) is 0 Å². The van der Waals surface area contributed by atoms with E-state index in [1.807, 2.05) is 11.8 Å². The molecule has 1 fully saturated rings. The van der Waals surface area contributed by atoms with Crippen LogP contribution in [0.1, 0.15) is 39.0 Å². The molecule has 1 aliphatic rings. The summed E-state index contributed by atoms with van der Waals surface area (Å²) in [6.45, 7) is 3.76. The number of carbonyl (C=O) groups excluding carboxylic acids is 1. The normalized spacial score (nSPS) is 24.4. The van der Waals surface area contributed by atoms with Gasteiger partial charge in [0.05, 0.1) is 19.3 Å². The molecule has 0 bridgehead atoms. The van der Waals surface area contributed by atoms with Gasteiger partial charge in [-0.3, -0.25) is 4.79 Å². The van der Waals surface area contributed by atoms with Crippen LogP contribution in [0, 0.1) is 5.92 Å². The average Bonchev–Trinajstić information content (AvgIpc) is 2.39. The first-order valence-corrected chi connectivity index (χ1v) is 7.61. The molecule has 5 nitrogen and oxygen atoms in total. The van der Waals surface area contributed by atoms with Gasteiger partial charge >= 0.3 is 0 Å². The molecule has 0 aromatic rings. The first kappa shape index (κ1) is 17.4. The fourth-order valence-electron chi connectivity index (χ4n) is 2.99. The number of ether oxygens (including phenoxy) is 2. The summed E-state index contributed by atoms with van der Waals surface area (Å²) in [5.74, 6) is 0.636. The van der Waals surface area contributed by atoms with Crippen LogP contribution in [-0.4, -0.2) is 56.9 Å². The Morgan fingerprint density at radius 3 is 2.70 bits per heavy atom. The van der Waals surface area contributed by atoms with Gasteiger partial charge in [0.15, 0.2) is 0 Å². The van der Waals surface area contributed by atoms with Crippen molar-refractivity contribution in [3.05, 3.63) is 0 Å². The number of hydrogen-bond donors (Lipinski definition) is 1. The molecule has 1 saturated carbocycles. The summed E-state index contributed by atoms with van der Waals surface area (Å²) in [6, 6.07) is 0.352. The van der Waals surface area contributed by atoms with E-state index < -0.39 is 0 Å². The van der Waals surface area contributed by atoms with Gasteiger partial charge in [-0.05, 0) is 32.1 Å². The van der Waals surface area contributed by atoms with Crippen LogP contribution in [0.2, 0.25) is 0 Å². The van der Waals surface area contributed by atoms with Gasteiger partial charge in [0.1, 0.15) is 0 Å². The predicted molar refractivity (Wildman–Crippen MR) is 79.5 cm³/mol. The summed E-state index contributed by atoms with van der Waals surface area (Å²) in [5.41, 5.74) is 6.00. The van der Waals surface area contributed by atoms with Crippen LogP contribution >= 0.6 is 0 Å². The van der Waals surface area contributed by atoms with Crippen molar-refractivity contribution < 1.29 is 14.3 Å². The summed E-state index contributed by atoms with van der Waals surface area (Å²) in [4.78, 5) is 14.4. The van der Waals surface area contributed by atoms with E-state index in [2.05, 4.69) is 0 Å². The van der Waals surface area contributed by atoms with Crippen molar-refractivity contribution in [1.82, 2.24) is 4.90 Å². The number of methoxy groups -OCH3 is 2. The standard InChI is InChI=1S/C15H30N2O3/c1-12(11-20-3)17(7-8-19-2)15(18)10-13-5-4-6-14(16)9-13/h12-14H,4-11,16H2,1-3H3. The second-order valence-electron chi connectivity index (χ2n) is 5.88. The van der Waals surface area contributed by atoms with Gasteiger partial charge in [-0.1, -0.05) is 6.42 Å². The number of carbonyl (C=O) groups is 1. The molecule has 0 aromatic heterocycles. The van der Waals surface area contributed by atoms with Crippen molar-refractivity contribution in [2.75, 3.05) is 34.0 Å². The third kappa shape index (κ3) is 5.77. The Morgan fingerprint density at radius 1 is 1.35 bits per heavy atom. The maximum absolute atomic E-state index is 12.5. The largest absolute Gasteiger partial charge is 0.383 e. The van der Waals surface area contributed by atoms with E-state index in [-0.39, 0.29) is 18.0 Å². The van der Waals surface area contributed by atoms with E-state index in [9.17, 15) is 4.79 Å². The zero-order chi connectivity index (χ0) is 15.0. The van der Waals surface area contributed by atoms with Gasteiger partial charge in [-0.25, -0.2) is 0 Å². The van der Waals surface area contributed by atoms with Gasteiger partial charge in [-0.15, -0.1) is 0 Å². The second kappa shape index (κ2) is 9.32. The molecule has 0 aromatic carbocycles. The van der Waals surface area contributed by atoms with E-state index in [1.54, 1.807) is 14.2 Å². The number of nitrogens with zero attached hydrogens (tertiary/aromatic N) is 1. The molecule has 1 rings (SSSR count). The first-order valence-electron chi connectivity index (χ1n) is 7.61. The van der Waals surface area contributed by atoms with Gasteiger partial charge in [0.25, 0.3) is 0 Å². The van der Waals surface area contributed by atoms with Crippen molar-refractivity contribution in [2.24, 2.45) is 11.7 Å². The highest BCUT2D eigenvalue weighted by Crippen LogP contribution is 2.26. The number of rotatable bonds is 8. The summed E-state index contributed by atoms with van der Waals surface area (Å²) < 4.78 is 10.3. The molecular formula is C15H30N2O3. The molecule has 0 radical (unpaired) electrons. The van der Waals surface area contributed by atoms with Crippen LogP contribution in [0.4, 0.5) is 0 Å². The minimum Gasteiger partial charge on any atom is -0.383 e. The van der Waals surface area contributed by atoms with Crippen LogP contribution in [0.3, 0.4) is 0 Å². The lowest BCUT2D eigenvalue weighted by molar-refractivity contribution is -0.136. The van der Waals surface area contributed by atoms with Crippen molar-refractivity contribution in [1.29, 1.82) is 0 Å². The first-order chi connectivity index (χ1) is 9.58. The molecule has 3 atom stereocenters. The van der Waals surface area contributed by atoms with Crippen LogP contribution < -0.4 is 5.73 Å². The minimum atomic E-state index is 0.0833. The topological polar surface area (TPSA) is 64.8 Å². The molecule has 2 N–H and O–H groups in total. The summed E-state index contributed by atoms with van der Waals surface area (Å²) in [7, 11) is 3.32. The zero-order valence-corrected chi connectivity index (χ0v) is 13.1. The lowest BCUT2D eigenvalue weighted by atomic mass is 9.84. The number of nitrogens with two attached hydrogens (primary N) is 1. The highest BCUT2D eigenvalue weighted by molar-refractivity contribution is 5.76. The molecule has 1 amide bonds. The quantitative estimate of drug-likeness (QED) is 0.732. The number of amides is 1. The third-order valence-corrected chi connectivity index (χ3v) is 4.08. The SMILES string of the molecule is COCCN(C(=O)CC1CCCC(N)C1)C(C)COC. The van der Waals surface area contributed by atoms with Crippen LogP contribution in [-0.2, 0) is 14.3 Å². The van der Waals surface area contributed by atoms with Crippen LogP contribution in [0.5, 0.6) is 0 Å². The summed E-state index contributed by atoms with van der Waals surface area (Å²) in [5, 5.41) is 0. The third-order valence-electron chi connectivity index (χ3n) is 4.08. The lowest BCUT2D eigenvalue weighted by Gasteiger charge is -2.32. The molecule has 5 heteroatoms. The molecule has 0 aliphatic heterocycles. The second-order valence-corrected chi connectivity index (χ2v) is 5.88. The number of hydrogen-bond acceptors (Lipinski definition) is 4.